The molecule has 21 heavy (non-hydrogen) atoms. The number of aromatic nitrogens is 5. The zero-order valence-electron chi connectivity index (χ0n) is 11.7. The summed E-state index contributed by atoms with van der Waals surface area (Å²) in [6, 6.07) is 3.74. The highest BCUT2D eigenvalue weighted by Crippen LogP contribution is 2.10. The molecule has 0 aliphatic rings. The van der Waals surface area contributed by atoms with Crippen LogP contribution in [-0.2, 0) is 7.05 Å². The number of aryl methyl sites for hydroxylation is 1. The summed E-state index contributed by atoms with van der Waals surface area (Å²) >= 11 is 0. The lowest BCUT2D eigenvalue weighted by molar-refractivity contribution is 0.313. The minimum atomic E-state index is 0.586. The van der Waals surface area contributed by atoms with Gasteiger partial charge in [0.1, 0.15) is 11.3 Å². The largest absolute Gasteiger partial charge is 0.492 e. The first kappa shape index (κ1) is 13.3. The number of anilines is 1. The van der Waals surface area contributed by atoms with Gasteiger partial charge in [-0.3, -0.25) is 4.98 Å². The van der Waals surface area contributed by atoms with Gasteiger partial charge >= 0.3 is 0 Å². The van der Waals surface area contributed by atoms with Crippen LogP contribution in [0.1, 0.15) is 6.42 Å². The van der Waals surface area contributed by atoms with Crippen molar-refractivity contribution in [3.8, 4) is 5.75 Å². The van der Waals surface area contributed by atoms with Crippen molar-refractivity contribution in [3.63, 3.8) is 0 Å². The summed E-state index contributed by atoms with van der Waals surface area (Å²) in [6.07, 6.45) is 7.76. The predicted octanol–water partition coefficient (Wildman–Crippen LogP) is 1.64. The summed E-state index contributed by atoms with van der Waals surface area (Å²) in [7, 11) is 1.92. The summed E-state index contributed by atoms with van der Waals surface area (Å²) in [5.74, 6) is 1.37. The van der Waals surface area contributed by atoms with Gasteiger partial charge in [-0.2, -0.15) is 4.98 Å². The smallest absolute Gasteiger partial charge is 0.224 e. The lowest BCUT2D eigenvalue weighted by Crippen LogP contribution is -2.09. The van der Waals surface area contributed by atoms with E-state index in [0.717, 1.165) is 24.2 Å². The van der Waals surface area contributed by atoms with Gasteiger partial charge in [0.2, 0.25) is 5.95 Å². The van der Waals surface area contributed by atoms with E-state index in [1.807, 2.05) is 23.7 Å². The van der Waals surface area contributed by atoms with Crippen molar-refractivity contribution in [2.24, 2.45) is 7.05 Å². The molecule has 3 rings (SSSR count). The van der Waals surface area contributed by atoms with E-state index in [-0.39, 0.29) is 0 Å². The molecule has 0 saturated carbocycles. The number of rotatable bonds is 6. The molecule has 0 amide bonds. The number of hydrogen-bond donors (Lipinski definition) is 1. The summed E-state index contributed by atoms with van der Waals surface area (Å²) in [6.45, 7) is 1.35. The van der Waals surface area contributed by atoms with E-state index in [1.165, 1.54) is 0 Å². The Kier molecular flexibility index (Phi) is 3.90. The minimum Gasteiger partial charge on any atom is -0.492 e. The van der Waals surface area contributed by atoms with Crippen molar-refractivity contribution in [2.45, 2.75) is 6.42 Å². The van der Waals surface area contributed by atoms with Crippen LogP contribution in [0.4, 0.5) is 5.95 Å². The average Bonchev–Trinajstić information content (AvgIpc) is 2.89. The fourth-order valence-electron chi connectivity index (χ4n) is 1.89. The third kappa shape index (κ3) is 3.25. The van der Waals surface area contributed by atoms with Crippen molar-refractivity contribution < 1.29 is 4.74 Å². The Morgan fingerprint density at radius 2 is 2.24 bits per heavy atom. The van der Waals surface area contributed by atoms with Crippen molar-refractivity contribution >= 4 is 17.1 Å². The van der Waals surface area contributed by atoms with Gasteiger partial charge in [0, 0.05) is 19.8 Å². The summed E-state index contributed by atoms with van der Waals surface area (Å²) in [5.41, 5.74) is 1.61. The van der Waals surface area contributed by atoms with Gasteiger partial charge in [-0.15, -0.1) is 0 Å². The van der Waals surface area contributed by atoms with Gasteiger partial charge in [0.05, 0.1) is 25.3 Å². The highest BCUT2D eigenvalue weighted by atomic mass is 16.5. The second-order valence-electron chi connectivity index (χ2n) is 4.58. The number of fused-ring (bicyclic) bond motifs is 1. The van der Waals surface area contributed by atoms with Crippen LogP contribution in [0.5, 0.6) is 5.75 Å². The van der Waals surface area contributed by atoms with Gasteiger partial charge in [-0.1, -0.05) is 0 Å². The van der Waals surface area contributed by atoms with Crippen molar-refractivity contribution in [1.29, 1.82) is 0 Å². The second kappa shape index (κ2) is 6.17. The van der Waals surface area contributed by atoms with E-state index >= 15 is 0 Å². The summed E-state index contributed by atoms with van der Waals surface area (Å²) in [5, 5.41) is 3.17. The normalized spacial score (nSPS) is 10.7. The van der Waals surface area contributed by atoms with Crippen LogP contribution in [0.15, 0.2) is 37.1 Å². The first-order valence-electron chi connectivity index (χ1n) is 6.74. The highest BCUT2D eigenvalue weighted by molar-refractivity contribution is 5.70. The first-order chi connectivity index (χ1) is 10.3. The second-order valence-corrected chi connectivity index (χ2v) is 4.58. The van der Waals surface area contributed by atoms with E-state index < -0.39 is 0 Å². The highest BCUT2D eigenvalue weighted by Gasteiger charge is 2.03. The number of imidazole rings is 1. The van der Waals surface area contributed by atoms with Crippen LogP contribution in [0.25, 0.3) is 11.2 Å². The maximum atomic E-state index is 5.56. The molecule has 0 saturated heterocycles. The molecule has 0 aromatic carbocycles. The van der Waals surface area contributed by atoms with Gasteiger partial charge < -0.3 is 14.6 Å². The van der Waals surface area contributed by atoms with Crippen LogP contribution in [-0.4, -0.2) is 37.7 Å². The average molecular weight is 284 g/mol. The molecular formula is C14H16N6O. The molecule has 0 aliphatic heterocycles. The molecule has 1 N–H and O–H groups in total. The Morgan fingerprint density at radius 1 is 1.29 bits per heavy atom. The third-order valence-electron chi connectivity index (χ3n) is 2.99. The van der Waals surface area contributed by atoms with Crippen LogP contribution >= 0.6 is 0 Å². The number of nitrogens with one attached hydrogen (secondary N) is 1. The molecule has 7 heteroatoms. The maximum Gasteiger partial charge on any atom is 0.224 e. The van der Waals surface area contributed by atoms with Crippen molar-refractivity contribution in [3.05, 3.63) is 37.1 Å². The van der Waals surface area contributed by atoms with Gasteiger partial charge in [-0.05, 0) is 18.6 Å². The lowest BCUT2D eigenvalue weighted by atomic mass is 10.4. The molecule has 0 atom stereocenters. The topological polar surface area (TPSA) is 77.8 Å². The molecule has 0 aliphatic carbocycles. The number of ether oxygens (including phenoxy) is 1. The molecule has 0 fully saturated rings. The lowest BCUT2D eigenvalue weighted by Gasteiger charge is -2.06. The number of nitrogens with zero attached hydrogens (tertiary/aromatic N) is 5. The molecular weight excluding hydrogens is 268 g/mol. The Balaban J connectivity index is 1.46. The molecule has 108 valence electrons. The Labute approximate surface area is 122 Å². The van der Waals surface area contributed by atoms with Crippen molar-refractivity contribution in [2.75, 3.05) is 18.5 Å². The van der Waals surface area contributed by atoms with E-state index in [9.17, 15) is 0 Å². The van der Waals surface area contributed by atoms with E-state index in [2.05, 4.69) is 25.3 Å². The molecule has 0 spiro atoms. The number of pyridine rings is 1. The summed E-state index contributed by atoms with van der Waals surface area (Å²) < 4.78 is 7.45. The van der Waals surface area contributed by atoms with Gasteiger partial charge in [0.25, 0.3) is 0 Å². The van der Waals surface area contributed by atoms with Crippen LogP contribution in [0.2, 0.25) is 0 Å². The Morgan fingerprint density at radius 3 is 3.10 bits per heavy atom. The van der Waals surface area contributed by atoms with Crippen LogP contribution < -0.4 is 10.1 Å². The zero-order valence-corrected chi connectivity index (χ0v) is 11.7. The summed E-state index contributed by atoms with van der Waals surface area (Å²) in [4.78, 5) is 16.8. The van der Waals surface area contributed by atoms with E-state index in [1.54, 1.807) is 24.9 Å². The molecule has 0 bridgehead atoms. The van der Waals surface area contributed by atoms with Crippen LogP contribution in [0.3, 0.4) is 0 Å². The maximum absolute atomic E-state index is 5.56. The molecule has 7 nitrogen and oxygen atoms in total. The van der Waals surface area contributed by atoms with Gasteiger partial charge in [0.15, 0.2) is 5.65 Å². The fraction of sp³-hybridized carbons (Fsp3) is 0.286. The van der Waals surface area contributed by atoms with E-state index in [4.69, 9.17) is 4.74 Å². The molecule has 3 aromatic rings. The third-order valence-corrected chi connectivity index (χ3v) is 2.99. The quantitative estimate of drug-likeness (QED) is 0.693. The van der Waals surface area contributed by atoms with Gasteiger partial charge in [-0.25, -0.2) is 9.97 Å². The molecule has 0 radical (unpaired) electrons. The van der Waals surface area contributed by atoms with E-state index in [0.29, 0.717) is 18.2 Å². The monoisotopic (exact) mass is 284 g/mol. The standard InChI is InChI=1S/C14H16N6O/c1-20-10-18-13-12(20)9-17-14(19-13)16-6-3-7-21-11-4-2-5-15-8-11/h2,4-5,8-10H,3,6-7H2,1H3,(H,16,17,19). The molecule has 3 aromatic heterocycles. The first-order valence-corrected chi connectivity index (χ1v) is 6.74. The van der Waals surface area contributed by atoms with Crippen LogP contribution in [0, 0.1) is 0 Å². The fourth-order valence-corrected chi connectivity index (χ4v) is 1.89. The van der Waals surface area contributed by atoms with Crippen molar-refractivity contribution in [1.82, 2.24) is 24.5 Å². The number of hydrogen-bond acceptors (Lipinski definition) is 6. The predicted molar refractivity (Wildman–Crippen MR) is 79.1 cm³/mol. The molecule has 0 unspecified atom stereocenters. The SMILES string of the molecule is Cn1cnc2nc(NCCCOc3cccnc3)ncc21. The zero-order chi connectivity index (χ0) is 14.5. The minimum absolute atomic E-state index is 0.586. The Bertz CT molecular complexity index is 712. The molecule has 3 heterocycles. The Hall–Kier alpha value is -2.70.